The second-order valence-corrected chi connectivity index (χ2v) is 7.92. The Hall–Kier alpha value is -3.79. The Labute approximate surface area is 188 Å². The van der Waals surface area contributed by atoms with Crippen LogP contribution in [0.3, 0.4) is 0 Å². The fourth-order valence-corrected chi connectivity index (χ4v) is 3.82. The highest BCUT2D eigenvalue weighted by Crippen LogP contribution is 2.29. The van der Waals surface area contributed by atoms with E-state index in [1.807, 2.05) is 80.6 Å². The molecule has 4 aromatic rings. The molecule has 162 valence electrons. The zero-order valence-electron chi connectivity index (χ0n) is 18.6. The summed E-state index contributed by atoms with van der Waals surface area (Å²) in [6.07, 6.45) is 0. The minimum absolute atomic E-state index is 0.0419. The molecule has 0 fully saturated rings. The molecule has 0 saturated carbocycles. The van der Waals surface area contributed by atoms with Crippen LogP contribution in [-0.2, 0) is 11.4 Å². The Bertz CT molecular complexity index is 1240. The quantitative estimate of drug-likeness (QED) is 0.369. The van der Waals surface area contributed by atoms with Crippen molar-refractivity contribution in [3.8, 4) is 11.5 Å². The van der Waals surface area contributed by atoms with Gasteiger partial charge in [-0.3, -0.25) is 4.79 Å². The number of aryl methyl sites for hydroxylation is 1. The standard InChI is InChI=1S/C28H27NO3/c1-19-14-15-26(31-3)27(16-19)32-18-21-8-6-11-23(17-21)29-28(30)20(2)24-13-7-10-22-9-4-5-12-25(22)24/h4-17,20H,18H2,1-3H3,(H,29,30). The van der Waals surface area contributed by atoms with Crippen LogP contribution in [0.2, 0.25) is 0 Å². The lowest BCUT2D eigenvalue weighted by molar-refractivity contribution is -0.117. The van der Waals surface area contributed by atoms with E-state index in [0.29, 0.717) is 18.1 Å². The minimum atomic E-state index is -0.280. The summed E-state index contributed by atoms with van der Waals surface area (Å²) in [6, 6.07) is 27.8. The Morgan fingerprint density at radius 3 is 2.53 bits per heavy atom. The first-order chi connectivity index (χ1) is 15.5. The normalized spacial score (nSPS) is 11.7. The first-order valence-corrected chi connectivity index (χ1v) is 10.7. The number of hydrogen-bond donors (Lipinski definition) is 1. The second-order valence-electron chi connectivity index (χ2n) is 7.92. The van der Waals surface area contributed by atoms with E-state index in [4.69, 9.17) is 9.47 Å². The third-order valence-electron chi connectivity index (χ3n) is 5.59. The van der Waals surface area contributed by atoms with Gasteiger partial charge in [-0.1, -0.05) is 60.7 Å². The van der Waals surface area contributed by atoms with Crippen molar-refractivity contribution < 1.29 is 14.3 Å². The van der Waals surface area contributed by atoms with Gasteiger partial charge in [-0.05, 0) is 65.6 Å². The van der Waals surface area contributed by atoms with E-state index >= 15 is 0 Å². The van der Waals surface area contributed by atoms with Crippen molar-refractivity contribution in [1.82, 2.24) is 0 Å². The van der Waals surface area contributed by atoms with Gasteiger partial charge in [-0.15, -0.1) is 0 Å². The van der Waals surface area contributed by atoms with Crippen LogP contribution >= 0.6 is 0 Å². The molecule has 4 heteroatoms. The maximum absolute atomic E-state index is 13.0. The van der Waals surface area contributed by atoms with Gasteiger partial charge in [0.15, 0.2) is 11.5 Å². The summed E-state index contributed by atoms with van der Waals surface area (Å²) in [7, 11) is 1.63. The van der Waals surface area contributed by atoms with E-state index in [0.717, 1.165) is 33.2 Å². The number of ether oxygens (including phenoxy) is 2. The van der Waals surface area contributed by atoms with Crippen LogP contribution < -0.4 is 14.8 Å². The molecular formula is C28H27NO3. The van der Waals surface area contributed by atoms with Gasteiger partial charge in [0.25, 0.3) is 0 Å². The van der Waals surface area contributed by atoms with Crippen molar-refractivity contribution in [2.45, 2.75) is 26.4 Å². The summed E-state index contributed by atoms with van der Waals surface area (Å²) in [5.74, 6) is 1.08. The molecule has 0 saturated heterocycles. The molecule has 0 aromatic heterocycles. The minimum Gasteiger partial charge on any atom is -0.493 e. The number of anilines is 1. The second kappa shape index (κ2) is 9.56. The molecule has 4 nitrogen and oxygen atoms in total. The van der Waals surface area contributed by atoms with Crippen molar-refractivity contribution in [1.29, 1.82) is 0 Å². The number of hydrogen-bond acceptors (Lipinski definition) is 3. The summed E-state index contributed by atoms with van der Waals surface area (Å²) < 4.78 is 11.4. The van der Waals surface area contributed by atoms with Gasteiger partial charge in [0.05, 0.1) is 13.0 Å². The summed E-state index contributed by atoms with van der Waals surface area (Å²) in [5.41, 5.74) is 3.83. The fraction of sp³-hybridized carbons (Fsp3) is 0.179. The van der Waals surface area contributed by atoms with E-state index in [9.17, 15) is 4.79 Å². The molecule has 1 amide bonds. The molecular weight excluding hydrogens is 398 g/mol. The predicted molar refractivity (Wildman–Crippen MR) is 129 cm³/mol. The van der Waals surface area contributed by atoms with Gasteiger partial charge in [-0.25, -0.2) is 0 Å². The van der Waals surface area contributed by atoms with Crippen LogP contribution in [0.1, 0.15) is 29.5 Å². The predicted octanol–water partition coefficient (Wildman–Crippen LogP) is 6.48. The largest absolute Gasteiger partial charge is 0.493 e. The van der Waals surface area contributed by atoms with Gasteiger partial charge in [0.2, 0.25) is 5.91 Å². The molecule has 0 spiro atoms. The SMILES string of the molecule is COc1ccc(C)cc1OCc1cccc(NC(=O)C(C)c2cccc3ccccc23)c1. The molecule has 32 heavy (non-hydrogen) atoms. The lowest BCUT2D eigenvalue weighted by Crippen LogP contribution is -2.19. The van der Waals surface area contributed by atoms with Crippen molar-refractivity contribution >= 4 is 22.4 Å². The molecule has 1 atom stereocenters. The lowest BCUT2D eigenvalue weighted by atomic mass is 9.94. The van der Waals surface area contributed by atoms with E-state index in [2.05, 4.69) is 23.5 Å². The number of methoxy groups -OCH3 is 1. The number of nitrogens with one attached hydrogen (secondary N) is 1. The zero-order chi connectivity index (χ0) is 22.5. The maximum atomic E-state index is 13.0. The van der Waals surface area contributed by atoms with Crippen LogP contribution in [0.25, 0.3) is 10.8 Å². The molecule has 1 unspecified atom stereocenters. The third kappa shape index (κ3) is 4.75. The summed E-state index contributed by atoms with van der Waals surface area (Å²) >= 11 is 0. The van der Waals surface area contributed by atoms with Crippen molar-refractivity contribution in [2.24, 2.45) is 0 Å². The van der Waals surface area contributed by atoms with Crippen LogP contribution in [0.15, 0.2) is 84.9 Å². The Kier molecular flexibility index (Phi) is 6.41. The van der Waals surface area contributed by atoms with Crippen molar-refractivity contribution in [3.63, 3.8) is 0 Å². The van der Waals surface area contributed by atoms with Crippen molar-refractivity contribution in [3.05, 3.63) is 102 Å². The van der Waals surface area contributed by atoms with Crippen LogP contribution in [-0.4, -0.2) is 13.0 Å². The highest BCUT2D eigenvalue weighted by atomic mass is 16.5. The number of benzene rings is 4. The topological polar surface area (TPSA) is 47.6 Å². The smallest absolute Gasteiger partial charge is 0.231 e. The molecule has 0 aliphatic heterocycles. The number of fused-ring (bicyclic) bond motifs is 1. The first kappa shape index (κ1) is 21.4. The Morgan fingerprint density at radius 1 is 0.906 bits per heavy atom. The van der Waals surface area contributed by atoms with Gasteiger partial charge >= 0.3 is 0 Å². The van der Waals surface area contributed by atoms with E-state index in [1.54, 1.807) is 7.11 Å². The molecule has 0 aliphatic rings. The highest BCUT2D eigenvalue weighted by molar-refractivity contribution is 5.99. The van der Waals surface area contributed by atoms with Crippen LogP contribution in [0.4, 0.5) is 5.69 Å². The molecule has 0 heterocycles. The van der Waals surface area contributed by atoms with Crippen molar-refractivity contribution in [2.75, 3.05) is 12.4 Å². The Morgan fingerprint density at radius 2 is 1.69 bits per heavy atom. The number of carbonyl (C=O) groups excluding carboxylic acids is 1. The average Bonchev–Trinajstić information content (AvgIpc) is 2.82. The zero-order valence-corrected chi connectivity index (χ0v) is 18.6. The lowest BCUT2D eigenvalue weighted by Gasteiger charge is -2.16. The summed E-state index contributed by atoms with van der Waals surface area (Å²) in [4.78, 5) is 13.0. The van der Waals surface area contributed by atoms with Gasteiger partial charge in [0.1, 0.15) is 6.61 Å². The van der Waals surface area contributed by atoms with Gasteiger partial charge in [0, 0.05) is 5.69 Å². The van der Waals surface area contributed by atoms with E-state index in [-0.39, 0.29) is 11.8 Å². The number of amides is 1. The third-order valence-corrected chi connectivity index (χ3v) is 5.59. The first-order valence-electron chi connectivity index (χ1n) is 10.7. The molecule has 0 aliphatic carbocycles. The van der Waals surface area contributed by atoms with Gasteiger partial charge in [-0.2, -0.15) is 0 Å². The van der Waals surface area contributed by atoms with Crippen LogP contribution in [0, 0.1) is 6.92 Å². The molecule has 0 radical (unpaired) electrons. The number of carbonyl (C=O) groups is 1. The van der Waals surface area contributed by atoms with E-state index < -0.39 is 0 Å². The molecule has 4 rings (SSSR count). The highest BCUT2D eigenvalue weighted by Gasteiger charge is 2.17. The summed E-state index contributed by atoms with van der Waals surface area (Å²) in [5, 5.41) is 5.29. The van der Waals surface area contributed by atoms with Crippen LogP contribution in [0.5, 0.6) is 11.5 Å². The summed E-state index contributed by atoms with van der Waals surface area (Å²) in [6.45, 7) is 4.33. The fourth-order valence-electron chi connectivity index (χ4n) is 3.82. The molecule has 4 aromatic carbocycles. The Balaban J connectivity index is 1.47. The average molecular weight is 426 g/mol. The molecule has 1 N–H and O–H groups in total. The van der Waals surface area contributed by atoms with Gasteiger partial charge < -0.3 is 14.8 Å². The molecule has 0 bridgehead atoms. The monoisotopic (exact) mass is 425 g/mol. The maximum Gasteiger partial charge on any atom is 0.231 e. The number of rotatable bonds is 7. The van der Waals surface area contributed by atoms with E-state index in [1.165, 1.54) is 0 Å².